The number of esters is 1. The standard InChI is InChI=1S/C32H35NO14/c1-13-27(38)16(33)9-22(46-13)47-18-11-32(43,19(34)12-45-21(37)8-4-7-20(35)36)10-15-24(18)31(42)26-25(29(15)40)28(39)14-5-3-6-17(44-2)23(14)30(26)41/h3,5-6,13,16,18,22,27,38,40,42-43H,4,7-12,33H2,1-2H3,(H,35,36)/t13?,16?,18?,22?,27?,32-/m0/s1. The van der Waals surface area contributed by atoms with Crippen molar-refractivity contribution in [1.82, 2.24) is 0 Å². The molecule has 47 heavy (non-hydrogen) atoms. The van der Waals surface area contributed by atoms with Gasteiger partial charge in [-0.05, 0) is 19.4 Å². The van der Waals surface area contributed by atoms with Crippen molar-refractivity contribution in [3.05, 3.63) is 51.6 Å². The zero-order valence-corrected chi connectivity index (χ0v) is 25.6. The number of ketones is 3. The Morgan fingerprint density at radius 2 is 1.77 bits per heavy atom. The quantitative estimate of drug-likeness (QED) is 0.130. The summed E-state index contributed by atoms with van der Waals surface area (Å²) >= 11 is 0. The van der Waals surface area contributed by atoms with Gasteiger partial charge in [0.2, 0.25) is 11.6 Å². The molecule has 0 spiro atoms. The number of aliphatic hydroxyl groups is 2. The summed E-state index contributed by atoms with van der Waals surface area (Å²) in [6.45, 7) is 0.634. The first-order valence-electron chi connectivity index (χ1n) is 14.9. The minimum atomic E-state index is -2.39. The summed E-state index contributed by atoms with van der Waals surface area (Å²) in [6.07, 6.45) is -6.31. The normalized spacial score (nSPS) is 26.5. The summed E-state index contributed by atoms with van der Waals surface area (Å²) in [5.41, 5.74) is 1.93. The number of aliphatic carboxylic acids is 1. The molecule has 0 amide bonds. The number of aliphatic hydroxyl groups excluding tert-OH is 1. The first kappa shape index (κ1) is 33.9. The molecule has 0 radical (unpaired) electrons. The lowest BCUT2D eigenvalue weighted by Gasteiger charge is -2.42. The number of carboxylic acid groups (broad SMARTS) is 1. The summed E-state index contributed by atoms with van der Waals surface area (Å²) in [6, 6.07) is 3.49. The highest BCUT2D eigenvalue weighted by molar-refractivity contribution is 6.31. The van der Waals surface area contributed by atoms with Crippen LogP contribution >= 0.6 is 0 Å². The molecule has 1 aliphatic heterocycles. The van der Waals surface area contributed by atoms with Crippen molar-refractivity contribution in [2.75, 3.05) is 13.7 Å². The number of nitrogens with two attached hydrogens (primary N) is 1. The van der Waals surface area contributed by atoms with Crippen LogP contribution in [-0.2, 0) is 35.0 Å². The van der Waals surface area contributed by atoms with Crippen molar-refractivity contribution in [1.29, 1.82) is 0 Å². The van der Waals surface area contributed by atoms with Crippen LogP contribution in [0.15, 0.2) is 18.2 Å². The summed E-state index contributed by atoms with van der Waals surface area (Å²) in [5, 5.41) is 53.9. The summed E-state index contributed by atoms with van der Waals surface area (Å²) < 4.78 is 22.1. The zero-order valence-electron chi connectivity index (χ0n) is 25.6. The van der Waals surface area contributed by atoms with E-state index in [1.165, 1.54) is 25.3 Å². The van der Waals surface area contributed by atoms with Crippen molar-refractivity contribution < 1.29 is 68.5 Å². The van der Waals surface area contributed by atoms with E-state index < -0.39 is 108 Å². The van der Waals surface area contributed by atoms with E-state index in [1.54, 1.807) is 6.92 Å². The van der Waals surface area contributed by atoms with E-state index in [1.807, 2.05) is 0 Å². The average Bonchev–Trinajstić information content (AvgIpc) is 3.02. The van der Waals surface area contributed by atoms with Gasteiger partial charge in [-0.2, -0.15) is 0 Å². The fourth-order valence-corrected chi connectivity index (χ4v) is 6.34. The lowest BCUT2D eigenvalue weighted by molar-refractivity contribution is -0.247. The van der Waals surface area contributed by atoms with Gasteiger partial charge in [0.25, 0.3) is 0 Å². The van der Waals surface area contributed by atoms with Crippen molar-refractivity contribution in [3.8, 4) is 17.2 Å². The summed E-state index contributed by atoms with van der Waals surface area (Å²) in [5.74, 6) is -6.07. The molecular formula is C32H35NO14. The van der Waals surface area contributed by atoms with Crippen LogP contribution in [0.1, 0.15) is 88.1 Å². The fourth-order valence-electron chi connectivity index (χ4n) is 6.34. The molecule has 0 aromatic heterocycles. The molecule has 7 N–H and O–H groups in total. The van der Waals surface area contributed by atoms with Gasteiger partial charge in [0, 0.05) is 54.8 Å². The number of hydrogen-bond acceptors (Lipinski definition) is 14. The van der Waals surface area contributed by atoms with Crippen LogP contribution in [0.2, 0.25) is 0 Å². The summed E-state index contributed by atoms with van der Waals surface area (Å²) in [4.78, 5) is 63.8. The summed E-state index contributed by atoms with van der Waals surface area (Å²) in [7, 11) is 1.30. The maximum absolute atomic E-state index is 13.8. The first-order valence-corrected chi connectivity index (χ1v) is 14.9. The van der Waals surface area contributed by atoms with Crippen molar-refractivity contribution >= 4 is 29.3 Å². The number of carbonyl (C=O) groups is 5. The number of methoxy groups -OCH3 is 1. The maximum Gasteiger partial charge on any atom is 0.306 e. The minimum Gasteiger partial charge on any atom is -0.507 e. The highest BCUT2D eigenvalue weighted by Crippen LogP contribution is 2.52. The van der Waals surface area contributed by atoms with E-state index in [4.69, 9.17) is 29.8 Å². The molecule has 2 aliphatic carbocycles. The maximum atomic E-state index is 13.8. The monoisotopic (exact) mass is 657 g/mol. The van der Waals surface area contributed by atoms with Crippen LogP contribution in [-0.4, -0.2) is 98.7 Å². The van der Waals surface area contributed by atoms with E-state index in [2.05, 4.69) is 0 Å². The second kappa shape index (κ2) is 13.0. The molecule has 6 atom stereocenters. The molecule has 1 heterocycles. The van der Waals surface area contributed by atoms with Gasteiger partial charge in [0.05, 0.1) is 42.1 Å². The average molecular weight is 658 g/mol. The number of ether oxygens (including phenoxy) is 4. The molecule has 1 fully saturated rings. The SMILES string of the molecule is COc1cccc2c1C(=O)c1c(O)c3c(c(O)c1C2=O)C[C@@](O)(C(=O)COC(=O)CCCC(=O)O)CC3OC1CC(N)C(O)C(C)O1. The number of hydrogen-bond donors (Lipinski definition) is 6. The lowest BCUT2D eigenvalue weighted by atomic mass is 9.72. The highest BCUT2D eigenvalue weighted by atomic mass is 16.7. The highest BCUT2D eigenvalue weighted by Gasteiger charge is 2.50. The Bertz CT molecular complexity index is 1640. The molecule has 15 heteroatoms. The van der Waals surface area contributed by atoms with Crippen molar-refractivity contribution in [2.24, 2.45) is 5.73 Å². The van der Waals surface area contributed by atoms with E-state index in [0.717, 1.165) is 0 Å². The molecular weight excluding hydrogens is 622 g/mol. The van der Waals surface area contributed by atoms with Crippen molar-refractivity contribution in [3.63, 3.8) is 0 Å². The molecule has 2 aromatic carbocycles. The number of aromatic hydroxyl groups is 2. The van der Waals surface area contributed by atoms with Gasteiger partial charge in [0.1, 0.15) is 22.8 Å². The van der Waals surface area contributed by atoms with Gasteiger partial charge in [-0.3, -0.25) is 24.0 Å². The fraction of sp³-hybridized carbons (Fsp3) is 0.469. The Morgan fingerprint density at radius 3 is 2.43 bits per heavy atom. The van der Waals surface area contributed by atoms with Crippen LogP contribution in [0.3, 0.4) is 0 Å². The number of benzene rings is 2. The second-order valence-electron chi connectivity index (χ2n) is 11.9. The molecule has 5 unspecified atom stereocenters. The number of fused-ring (bicyclic) bond motifs is 3. The molecule has 5 rings (SSSR count). The molecule has 0 saturated carbocycles. The van der Waals surface area contributed by atoms with Gasteiger partial charge < -0.3 is 50.2 Å². The molecule has 2 aromatic rings. The second-order valence-corrected chi connectivity index (χ2v) is 11.9. The number of carbonyl (C=O) groups excluding carboxylic acids is 4. The number of rotatable bonds is 10. The third-order valence-corrected chi connectivity index (χ3v) is 8.80. The van der Waals surface area contributed by atoms with E-state index in [0.29, 0.717) is 0 Å². The van der Waals surface area contributed by atoms with Gasteiger partial charge >= 0.3 is 11.9 Å². The van der Waals surface area contributed by atoms with Gasteiger partial charge in [-0.1, -0.05) is 12.1 Å². The smallest absolute Gasteiger partial charge is 0.306 e. The Kier molecular flexibility index (Phi) is 9.39. The number of Topliss-reactive ketones (excluding diaryl/α,β-unsaturated/α-hetero) is 1. The van der Waals surface area contributed by atoms with Gasteiger partial charge in [-0.15, -0.1) is 0 Å². The number of carboxylic acids is 1. The Hall–Kier alpha value is -4.41. The van der Waals surface area contributed by atoms with Crippen LogP contribution in [0, 0.1) is 0 Å². The zero-order chi connectivity index (χ0) is 34.4. The predicted octanol–water partition coefficient (Wildman–Crippen LogP) is 0.807. The van der Waals surface area contributed by atoms with Gasteiger partial charge in [-0.25, -0.2) is 0 Å². The van der Waals surface area contributed by atoms with E-state index in [-0.39, 0.29) is 53.7 Å². The minimum absolute atomic E-state index is 0.0351. The molecule has 15 nitrogen and oxygen atoms in total. The Labute approximate surface area is 267 Å². The largest absolute Gasteiger partial charge is 0.507 e. The third-order valence-electron chi connectivity index (χ3n) is 8.80. The molecule has 0 bridgehead atoms. The van der Waals surface area contributed by atoms with Gasteiger partial charge in [0.15, 0.2) is 18.7 Å². The van der Waals surface area contributed by atoms with Crippen LogP contribution in [0.25, 0.3) is 0 Å². The van der Waals surface area contributed by atoms with Crippen LogP contribution < -0.4 is 10.5 Å². The number of phenolic OH excluding ortho intramolecular Hbond substituents is 2. The molecule has 1 saturated heterocycles. The number of phenols is 2. The van der Waals surface area contributed by atoms with E-state index in [9.17, 15) is 44.4 Å². The van der Waals surface area contributed by atoms with Crippen LogP contribution in [0.5, 0.6) is 17.2 Å². The predicted molar refractivity (Wildman–Crippen MR) is 157 cm³/mol. The Morgan fingerprint density at radius 1 is 1.06 bits per heavy atom. The molecule has 252 valence electrons. The first-order chi connectivity index (χ1) is 22.2. The molecule has 3 aliphatic rings. The van der Waals surface area contributed by atoms with Crippen LogP contribution in [0.4, 0.5) is 0 Å². The Balaban J connectivity index is 1.55. The van der Waals surface area contributed by atoms with Crippen molar-refractivity contribution in [2.45, 2.75) is 81.7 Å². The lowest BCUT2D eigenvalue weighted by Crippen LogP contribution is -2.53. The topological polar surface area (TPSA) is 249 Å². The van der Waals surface area contributed by atoms with E-state index >= 15 is 0 Å². The third kappa shape index (κ3) is 6.19.